The molecule has 1 aliphatic heterocycles. The Balaban J connectivity index is 2.21. The molecule has 0 radical (unpaired) electrons. The van der Waals surface area contributed by atoms with Crippen molar-refractivity contribution in [3.05, 3.63) is 28.8 Å². The van der Waals surface area contributed by atoms with Gasteiger partial charge in [0.15, 0.2) is 9.84 Å². The third-order valence-corrected chi connectivity index (χ3v) is 7.06. The second-order valence-electron chi connectivity index (χ2n) is 4.79. The highest BCUT2D eigenvalue weighted by Crippen LogP contribution is 2.26. The number of sulfone groups is 1. The second-order valence-corrected chi connectivity index (χ2v) is 8.83. The largest absolute Gasteiger partial charge is 0.398 e. The number of benzene rings is 1. The SMILES string of the molecule is CCS(=O)(=O)C1CSCCN1Cc1ccc(Cl)cc1N. The van der Waals surface area contributed by atoms with Gasteiger partial charge in [-0.1, -0.05) is 24.6 Å². The molecule has 1 unspecified atom stereocenters. The van der Waals surface area contributed by atoms with Gasteiger partial charge in [0, 0.05) is 41.1 Å². The van der Waals surface area contributed by atoms with Gasteiger partial charge in [-0.05, 0) is 17.7 Å². The molecule has 0 bridgehead atoms. The minimum Gasteiger partial charge on any atom is -0.398 e. The van der Waals surface area contributed by atoms with Gasteiger partial charge in [0.1, 0.15) is 5.37 Å². The average molecular weight is 335 g/mol. The summed E-state index contributed by atoms with van der Waals surface area (Å²) in [7, 11) is -3.07. The molecule has 112 valence electrons. The average Bonchev–Trinajstić information content (AvgIpc) is 2.42. The molecule has 1 saturated heterocycles. The molecule has 0 spiro atoms. The summed E-state index contributed by atoms with van der Waals surface area (Å²) in [6, 6.07) is 5.36. The van der Waals surface area contributed by atoms with E-state index in [2.05, 4.69) is 0 Å². The van der Waals surface area contributed by atoms with E-state index < -0.39 is 15.2 Å². The van der Waals surface area contributed by atoms with Gasteiger partial charge in [-0.15, -0.1) is 0 Å². The molecule has 1 atom stereocenters. The summed E-state index contributed by atoms with van der Waals surface area (Å²) in [6.45, 7) is 3.01. The summed E-state index contributed by atoms with van der Waals surface area (Å²) in [6.07, 6.45) is 0. The standard InChI is InChI=1S/C13H19ClN2O2S2/c1-2-20(17,18)13-9-19-6-5-16(13)8-10-3-4-11(14)7-12(10)15/h3-4,7,13H,2,5-6,8-9,15H2,1H3. The van der Waals surface area contributed by atoms with Gasteiger partial charge in [-0.25, -0.2) is 8.42 Å². The molecular formula is C13H19ClN2O2S2. The van der Waals surface area contributed by atoms with Gasteiger partial charge < -0.3 is 5.73 Å². The number of hydrogen-bond acceptors (Lipinski definition) is 5. The lowest BCUT2D eigenvalue weighted by molar-refractivity contribution is 0.262. The molecule has 1 fully saturated rings. The number of nitrogens with two attached hydrogens (primary N) is 1. The van der Waals surface area contributed by atoms with Crippen LogP contribution in [0.5, 0.6) is 0 Å². The predicted octanol–water partition coefficient (Wildman–Crippen LogP) is 2.23. The number of anilines is 1. The van der Waals surface area contributed by atoms with Crippen LogP contribution in [0.3, 0.4) is 0 Å². The van der Waals surface area contributed by atoms with Gasteiger partial charge in [-0.3, -0.25) is 4.90 Å². The van der Waals surface area contributed by atoms with Crippen molar-refractivity contribution in [3.63, 3.8) is 0 Å². The third kappa shape index (κ3) is 3.61. The summed E-state index contributed by atoms with van der Waals surface area (Å²) < 4.78 is 24.4. The lowest BCUT2D eigenvalue weighted by Gasteiger charge is -2.34. The van der Waals surface area contributed by atoms with E-state index in [-0.39, 0.29) is 5.75 Å². The maximum absolute atomic E-state index is 12.2. The van der Waals surface area contributed by atoms with Crippen LogP contribution < -0.4 is 5.73 Å². The third-order valence-electron chi connectivity index (χ3n) is 3.49. The Morgan fingerprint density at radius 2 is 2.25 bits per heavy atom. The molecule has 0 aromatic heterocycles. The van der Waals surface area contributed by atoms with Crippen LogP contribution in [0, 0.1) is 0 Å². The zero-order valence-corrected chi connectivity index (χ0v) is 13.8. The molecule has 7 heteroatoms. The minimum atomic E-state index is -3.07. The topological polar surface area (TPSA) is 63.4 Å². The molecule has 0 aliphatic carbocycles. The number of hydrogen-bond donors (Lipinski definition) is 1. The van der Waals surface area contributed by atoms with Gasteiger partial charge in [0.2, 0.25) is 0 Å². The molecule has 20 heavy (non-hydrogen) atoms. The Hall–Kier alpha value is -0.430. The van der Waals surface area contributed by atoms with E-state index in [0.29, 0.717) is 23.0 Å². The van der Waals surface area contributed by atoms with E-state index in [4.69, 9.17) is 17.3 Å². The van der Waals surface area contributed by atoms with Crippen LogP contribution in [-0.2, 0) is 16.4 Å². The van der Waals surface area contributed by atoms with Crippen molar-refractivity contribution in [1.82, 2.24) is 4.90 Å². The number of nitrogens with zero attached hydrogens (tertiary/aromatic N) is 1. The highest BCUT2D eigenvalue weighted by molar-refractivity contribution is 8.01. The molecule has 1 aromatic rings. The molecule has 1 heterocycles. The maximum Gasteiger partial charge on any atom is 0.166 e. The fourth-order valence-corrected chi connectivity index (χ4v) is 5.51. The molecule has 1 aliphatic rings. The molecule has 0 saturated carbocycles. The maximum atomic E-state index is 12.2. The first-order valence-corrected chi connectivity index (χ1v) is 9.76. The first-order chi connectivity index (χ1) is 9.44. The van der Waals surface area contributed by atoms with Gasteiger partial charge in [-0.2, -0.15) is 11.8 Å². The number of rotatable bonds is 4. The first-order valence-electron chi connectivity index (χ1n) is 6.51. The number of nitrogen functional groups attached to an aromatic ring is 1. The van der Waals surface area contributed by atoms with Gasteiger partial charge >= 0.3 is 0 Å². The van der Waals surface area contributed by atoms with Crippen molar-refractivity contribution in [2.45, 2.75) is 18.8 Å². The second kappa shape index (κ2) is 6.56. The first kappa shape index (κ1) is 15.9. The molecule has 1 aromatic carbocycles. The van der Waals surface area contributed by atoms with Crippen LogP contribution in [0.25, 0.3) is 0 Å². The van der Waals surface area contributed by atoms with Crippen molar-refractivity contribution >= 4 is 38.9 Å². The Bertz CT molecular complexity index is 578. The van der Waals surface area contributed by atoms with Crippen molar-refractivity contribution in [2.75, 3.05) is 29.5 Å². The van der Waals surface area contributed by atoms with E-state index in [0.717, 1.165) is 17.9 Å². The predicted molar refractivity (Wildman–Crippen MR) is 86.8 cm³/mol. The fourth-order valence-electron chi connectivity index (χ4n) is 2.25. The van der Waals surface area contributed by atoms with Crippen LogP contribution in [0.4, 0.5) is 5.69 Å². The summed E-state index contributed by atoms with van der Waals surface area (Å²) in [4.78, 5) is 2.01. The van der Waals surface area contributed by atoms with Crippen LogP contribution in [0.1, 0.15) is 12.5 Å². The Labute approximate surface area is 129 Å². The summed E-state index contributed by atoms with van der Waals surface area (Å²) in [5, 5.41) is 0.180. The fraction of sp³-hybridized carbons (Fsp3) is 0.538. The van der Waals surface area contributed by atoms with E-state index >= 15 is 0 Å². The zero-order chi connectivity index (χ0) is 14.8. The molecular weight excluding hydrogens is 316 g/mol. The molecule has 4 nitrogen and oxygen atoms in total. The molecule has 2 rings (SSSR count). The van der Waals surface area contributed by atoms with Crippen LogP contribution in [0.2, 0.25) is 5.02 Å². The Morgan fingerprint density at radius 1 is 1.50 bits per heavy atom. The van der Waals surface area contributed by atoms with Crippen LogP contribution >= 0.6 is 23.4 Å². The highest BCUT2D eigenvalue weighted by atomic mass is 35.5. The lowest BCUT2D eigenvalue weighted by Crippen LogP contribution is -2.47. The van der Waals surface area contributed by atoms with Gasteiger partial charge in [0.05, 0.1) is 0 Å². The quantitative estimate of drug-likeness (QED) is 0.855. The number of halogens is 1. The molecule has 2 N–H and O–H groups in total. The van der Waals surface area contributed by atoms with Crippen LogP contribution in [-0.4, -0.2) is 42.5 Å². The van der Waals surface area contributed by atoms with Crippen LogP contribution in [0.15, 0.2) is 18.2 Å². The smallest absolute Gasteiger partial charge is 0.166 e. The van der Waals surface area contributed by atoms with E-state index in [9.17, 15) is 8.42 Å². The Kier molecular flexibility index (Phi) is 5.23. The monoisotopic (exact) mass is 334 g/mol. The van der Waals surface area contributed by atoms with Crippen molar-refractivity contribution < 1.29 is 8.42 Å². The summed E-state index contributed by atoms with van der Waals surface area (Å²) in [5.74, 6) is 1.75. The Morgan fingerprint density at radius 3 is 2.90 bits per heavy atom. The number of thioether (sulfide) groups is 1. The normalized spacial score (nSPS) is 21.0. The van der Waals surface area contributed by atoms with Crippen molar-refractivity contribution in [3.8, 4) is 0 Å². The van der Waals surface area contributed by atoms with E-state index in [1.807, 2.05) is 11.0 Å². The van der Waals surface area contributed by atoms with Crippen molar-refractivity contribution in [2.24, 2.45) is 0 Å². The van der Waals surface area contributed by atoms with Gasteiger partial charge in [0.25, 0.3) is 0 Å². The minimum absolute atomic E-state index is 0.171. The highest BCUT2D eigenvalue weighted by Gasteiger charge is 2.32. The summed E-state index contributed by atoms with van der Waals surface area (Å²) in [5.41, 5.74) is 7.50. The lowest BCUT2D eigenvalue weighted by atomic mass is 10.1. The van der Waals surface area contributed by atoms with E-state index in [1.54, 1.807) is 30.8 Å². The van der Waals surface area contributed by atoms with E-state index in [1.165, 1.54) is 0 Å². The van der Waals surface area contributed by atoms with Crippen molar-refractivity contribution in [1.29, 1.82) is 0 Å². The zero-order valence-electron chi connectivity index (χ0n) is 11.4. The summed E-state index contributed by atoms with van der Waals surface area (Å²) >= 11 is 7.58. The molecule has 0 amide bonds.